The van der Waals surface area contributed by atoms with Crippen LogP contribution in [0, 0.1) is 5.82 Å². The second kappa shape index (κ2) is 7.69. The molecule has 2 aromatic rings. The first-order chi connectivity index (χ1) is 12.0. The smallest absolute Gasteiger partial charge is 0.249 e. The summed E-state index contributed by atoms with van der Waals surface area (Å²) < 4.78 is 13.9. The summed E-state index contributed by atoms with van der Waals surface area (Å²) in [5, 5.41) is 0. The van der Waals surface area contributed by atoms with E-state index in [0.717, 1.165) is 22.4 Å². The minimum Gasteiger partial charge on any atom is -0.332 e. The van der Waals surface area contributed by atoms with E-state index >= 15 is 0 Å². The summed E-state index contributed by atoms with van der Waals surface area (Å²) in [6, 6.07) is 7.75. The average molecular weight is 407 g/mol. The van der Waals surface area contributed by atoms with Crippen LogP contribution in [0.1, 0.15) is 12.0 Å². The van der Waals surface area contributed by atoms with Crippen molar-refractivity contribution in [1.29, 1.82) is 0 Å². The van der Waals surface area contributed by atoms with Crippen molar-refractivity contribution in [2.24, 2.45) is 0 Å². The minimum absolute atomic E-state index is 0.0183. The number of nitrogens with zero attached hydrogens (tertiary/aromatic N) is 4. The van der Waals surface area contributed by atoms with Crippen LogP contribution in [-0.4, -0.2) is 46.3 Å². The second-order valence-corrected chi connectivity index (χ2v) is 6.51. The van der Waals surface area contributed by atoms with Crippen LogP contribution >= 0.6 is 15.9 Å². The van der Waals surface area contributed by atoms with Crippen molar-refractivity contribution in [2.45, 2.75) is 12.8 Å². The SMILES string of the molecule is O=C(CCc1ccccc1Br)N1CCN(c2ncc(F)cn2)C(=O)C1. The molecule has 1 aliphatic rings. The van der Waals surface area contributed by atoms with Gasteiger partial charge in [0.2, 0.25) is 17.8 Å². The largest absolute Gasteiger partial charge is 0.332 e. The van der Waals surface area contributed by atoms with Crippen LogP contribution in [0.4, 0.5) is 10.3 Å². The molecule has 6 nitrogen and oxygen atoms in total. The van der Waals surface area contributed by atoms with E-state index in [9.17, 15) is 14.0 Å². The van der Waals surface area contributed by atoms with Gasteiger partial charge in [0.15, 0.2) is 5.82 Å². The van der Waals surface area contributed by atoms with E-state index in [1.54, 1.807) is 4.90 Å². The Kier molecular flexibility index (Phi) is 5.37. The van der Waals surface area contributed by atoms with Crippen molar-refractivity contribution in [3.8, 4) is 0 Å². The third-order valence-corrected chi connectivity index (χ3v) is 4.76. The molecule has 1 aromatic heterocycles. The third kappa shape index (κ3) is 4.19. The van der Waals surface area contributed by atoms with Crippen LogP contribution in [-0.2, 0) is 16.0 Å². The Balaban J connectivity index is 1.57. The zero-order valence-electron chi connectivity index (χ0n) is 13.4. The molecule has 0 aliphatic carbocycles. The van der Waals surface area contributed by atoms with Crippen LogP contribution in [0.2, 0.25) is 0 Å². The minimum atomic E-state index is -0.558. The molecular weight excluding hydrogens is 391 g/mol. The van der Waals surface area contributed by atoms with Gasteiger partial charge in [0.25, 0.3) is 0 Å². The van der Waals surface area contributed by atoms with Gasteiger partial charge in [-0.3, -0.25) is 14.5 Å². The zero-order chi connectivity index (χ0) is 17.8. The molecular formula is C17H16BrFN4O2. The van der Waals surface area contributed by atoms with Gasteiger partial charge in [-0.05, 0) is 18.1 Å². The Morgan fingerprint density at radius 2 is 1.92 bits per heavy atom. The van der Waals surface area contributed by atoms with Crippen LogP contribution < -0.4 is 4.90 Å². The molecule has 0 atom stereocenters. The van der Waals surface area contributed by atoms with Gasteiger partial charge in [-0.15, -0.1) is 0 Å². The van der Waals surface area contributed by atoms with Crippen molar-refractivity contribution >= 4 is 33.7 Å². The fraction of sp³-hybridized carbons (Fsp3) is 0.294. The Hall–Kier alpha value is -2.35. The summed E-state index contributed by atoms with van der Waals surface area (Å²) in [5.74, 6) is -0.736. The van der Waals surface area contributed by atoms with Crippen molar-refractivity contribution in [3.63, 3.8) is 0 Å². The molecule has 0 spiro atoms. The maximum Gasteiger partial charge on any atom is 0.249 e. The van der Waals surface area contributed by atoms with E-state index in [1.807, 2.05) is 24.3 Å². The number of carbonyl (C=O) groups excluding carboxylic acids is 2. The van der Waals surface area contributed by atoms with E-state index in [0.29, 0.717) is 25.9 Å². The molecule has 1 aliphatic heterocycles. The predicted octanol–water partition coefficient (Wildman–Crippen LogP) is 2.19. The predicted molar refractivity (Wildman–Crippen MR) is 93.4 cm³/mol. The maximum atomic E-state index is 12.9. The Morgan fingerprint density at radius 1 is 1.20 bits per heavy atom. The van der Waals surface area contributed by atoms with Crippen LogP contribution in [0.15, 0.2) is 41.1 Å². The van der Waals surface area contributed by atoms with E-state index in [2.05, 4.69) is 25.9 Å². The first kappa shape index (κ1) is 17.5. The molecule has 3 rings (SSSR count). The van der Waals surface area contributed by atoms with Gasteiger partial charge in [-0.2, -0.15) is 0 Å². The van der Waals surface area contributed by atoms with Gasteiger partial charge in [0.1, 0.15) is 6.54 Å². The molecule has 8 heteroatoms. The van der Waals surface area contributed by atoms with E-state index < -0.39 is 5.82 Å². The number of amides is 2. The molecule has 0 saturated carbocycles. The lowest BCUT2D eigenvalue weighted by Crippen LogP contribution is -2.53. The average Bonchev–Trinajstić information content (AvgIpc) is 2.61. The number of benzene rings is 1. The first-order valence-corrected chi connectivity index (χ1v) is 8.63. The van der Waals surface area contributed by atoms with Gasteiger partial charge in [0, 0.05) is 24.0 Å². The molecule has 2 heterocycles. The van der Waals surface area contributed by atoms with Crippen molar-refractivity contribution in [3.05, 3.63) is 52.5 Å². The number of rotatable bonds is 4. The Labute approximate surface area is 152 Å². The normalized spacial score (nSPS) is 14.7. The number of halogens is 2. The van der Waals surface area contributed by atoms with Gasteiger partial charge < -0.3 is 4.90 Å². The van der Waals surface area contributed by atoms with Crippen LogP contribution in [0.5, 0.6) is 0 Å². The summed E-state index contributed by atoms with van der Waals surface area (Å²) >= 11 is 3.46. The molecule has 0 bridgehead atoms. The number of carbonyl (C=O) groups is 2. The molecule has 1 aromatic carbocycles. The molecule has 0 unspecified atom stereocenters. The van der Waals surface area contributed by atoms with Gasteiger partial charge in [-0.25, -0.2) is 14.4 Å². The summed E-state index contributed by atoms with van der Waals surface area (Å²) in [7, 11) is 0. The van der Waals surface area contributed by atoms with Crippen molar-refractivity contribution in [1.82, 2.24) is 14.9 Å². The summed E-state index contributed by atoms with van der Waals surface area (Å²) in [6.45, 7) is 0.683. The quantitative estimate of drug-likeness (QED) is 0.780. The summed E-state index contributed by atoms with van der Waals surface area (Å²) in [4.78, 5) is 35.2. The fourth-order valence-corrected chi connectivity index (χ4v) is 3.13. The monoisotopic (exact) mass is 406 g/mol. The molecule has 0 radical (unpaired) electrons. The fourth-order valence-electron chi connectivity index (χ4n) is 2.64. The highest BCUT2D eigenvalue weighted by Gasteiger charge is 2.29. The third-order valence-electron chi connectivity index (χ3n) is 3.99. The van der Waals surface area contributed by atoms with Gasteiger partial charge >= 0.3 is 0 Å². The summed E-state index contributed by atoms with van der Waals surface area (Å²) in [6.07, 6.45) is 2.98. The molecule has 1 saturated heterocycles. The number of anilines is 1. The lowest BCUT2D eigenvalue weighted by Gasteiger charge is -2.33. The molecule has 2 amide bonds. The topological polar surface area (TPSA) is 66.4 Å². The van der Waals surface area contributed by atoms with Crippen LogP contribution in [0.25, 0.3) is 0 Å². The maximum absolute atomic E-state index is 12.9. The van der Waals surface area contributed by atoms with Gasteiger partial charge in [0.05, 0.1) is 12.4 Å². The molecule has 130 valence electrons. The number of aryl methyl sites for hydroxylation is 1. The lowest BCUT2D eigenvalue weighted by molar-refractivity contribution is -0.136. The van der Waals surface area contributed by atoms with E-state index in [-0.39, 0.29) is 24.3 Å². The highest BCUT2D eigenvalue weighted by molar-refractivity contribution is 9.10. The molecule has 1 fully saturated rings. The van der Waals surface area contributed by atoms with Crippen molar-refractivity contribution in [2.75, 3.05) is 24.5 Å². The zero-order valence-corrected chi connectivity index (χ0v) is 14.9. The standard InChI is InChI=1S/C17H16BrFN4O2/c18-14-4-2-1-3-12(14)5-6-15(24)22-7-8-23(16(25)11-22)17-20-9-13(19)10-21-17/h1-4,9-10H,5-8,11H2. The molecule has 25 heavy (non-hydrogen) atoms. The molecule has 0 N–H and O–H groups in total. The Morgan fingerprint density at radius 3 is 2.60 bits per heavy atom. The van der Waals surface area contributed by atoms with E-state index in [1.165, 1.54) is 4.90 Å². The number of piperazine rings is 1. The van der Waals surface area contributed by atoms with Gasteiger partial charge in [-0.1, -0.05) is 34.1 Å². The number of aromatic nitrogens is 2. The first-order valence-electron chi connectivity index (χ1n) is 7.83. The second-order valence-electron chi connectivity index (χ2n) is 5.65. The van der Waals surface area contributed by atoms with Crippen LogP contribution in [0.3, 0.4) is 0 Å². The van der Waals surface area contributed by atoms with E-state index in [4.69, 9.17) is 0 Å². The summed E-state index contributed by atoms with van der Waals surface area (Å²) in [5.41, 5.74) is 1.06. The highest BCUT2D eigenvalue weighted by Crippen LogP contribution is 2.18. The van der Waals surface area contributed by atoms with Crippen molar-refractivity contribution < 1.29 is 14.0 Å². The number of hydrogen-bond acceptors (Lipinski definition) is 4. The lowest BCUT2D eigenvalue weighted by atomic mass is 10.1. The number of hydrogen-bond donors (Lipinski definition) is 0. The Bertz CT molecular complexity index is 784. The highest BCUT2D eigenvalue weighted by atomic mass is 79.9.